The maximum atomic E-state index is 10.3. The SMILES string of the molecule is CNCCSC(C)=O. The van der Waals surface area contributed by atoms with Crippen molar-refractivity contribution in [2.24, 2.45) is 0 Å². The fourth-order valence-electron chi connectivity index (χ4n) is 0.297. The standard InChI is InChI=1S/C5H11NOS/c1-5(7)8-4-3-6-2/h6H,3-4H2,1-2H3. The van der Waals surface area contributed by atoms with Crippen molar-refractivity contribution < 1.29 is 4.79 Å². The first-order valence-electron chi connectivity index (χ1n) is 2.55. The Morgan fingerprint density at radius 2 is 2.38 bits per heavy atom. The molecular weight excluding hydrogens is 122 g/mol. The van der Waals surface area contributed by atoms with Crippen molar-refractivity contribution in [2.75, 3.05) is 19.3 Å². The van der Waals surface area contributed by atoms with Crippen molar-refractivity contribution in [3.63, 3.8) is 0 Å². The molecule has 0 radical (unpaired) electrons. The number of carbonyl (C=O) groups excluding carboxylic acids is 1. The summed E-state index contributed by atoms with van der Waals surface area (Å²) in [5.41, 5.74) is 0. The lowest BCUT2D eigenvalue weighted by molar-refractivity contribution is -0.109. The van der Waals surface area contributed by atoms with Gasteiger partial charge in [0.15, 0.2) is 5.12 Å². The summed E-state index contributed by atoms with van der Waals surface area (Å²) in [6, 6.07) is 0. The monoisotopic (exact) mass is 133 g/mol. The van der Waals surface area contributed by atoms with Gasteiger partial charge in [-0.1, -0.05) is 11.8 Å². The molecule has 0 aliphatic carbocycles. The van der Waals surface area contributed by atoms with Gasteiger partial charge in [-0.25, -0.2) is 0 Å². The van der Waals surface area contributed by atoms with Crippen LogP contribution in [0.2, 0.25) is 0 Å². The van der Waals surface area contributed by atoms with Crippen molar-refractivity contribution >= 4 is 16.9 Å². The molecule has 0 aromatic rings. The average Bonchev–Trinajstić information content (AvgIpc) is 1.66. The summed E-state index contributed by atoms with van der Waals surface area (Å²) in [7, 11) is 1.88. The molecule has 0 aromatic carbocycles. The number of hydrogen-bond acceptors (Lipinski definition) is 3. The molecule has 0 bridgehead atoms. The van der Waals surface area contributed by atoms with E-state index in [0.717, 1.165) is 12.3 Å². The largest absolute Gasteiger partial charge is 0.319 e. The fourth-order valence-corrected chi connectivity index (χ4v) is 0.890. The van der Waals surface area contributed by atoms with Gasteiger partial charge in [-0.05, 0) is 7.05 Å². The number of carbonyl (C=O) groups is 1. The van der Waals surface area contributed by atoms with E-state index in [2.05, 4.69) is 5.32 Å². The summed E-state index contributed by atoms with van der Waals surface area (Å²) in [6.07, 6.45) is 0. The molecule has 48 valence electrons. The Morgan fingerprint density at radius 3 is 2.75 bits per heavy atom. The van der Waals surface area contributed by atoms with E-state index in [9.17, 15) is 4.79 Å². The van der Waals surface area contributed by atoms with Crippen LogP contribution in [0.4, 0.5) is 0 Å². The average molecular weight is 133 g/mol. The molecule has 0 saturated carbocycles. The number of rotatable bonds is 3. The molecule has 2 nitrogen and oxygen atoms in total. The normalized spacial score (nSPS) is 9.25. The van der Waals surface area contributed by atoms with E-state index in [1.54, 1.807) is 6.92 Å². The Hall–Kier alpha value is -0.0200. The van der Waals surface area contributed by atoms with Crippen LogP contribution in [0.3, 0.4) is 0 Å². The Balaban J connectivity index is 2.82. The molecule has 0 spiro atoms. The van der Waals surface area contributed by atoms with E-state index in [1.807, 2.05) is 7.05 Å². The fraction of sp³-hybridized carbons (Fsp3) is 0.800. The third-order valence-corrected chi connectivity index (χ3v) is 1.47. The predicted octanol–water partition coefficient (Wildman–Crippen LogP) is 0.485. The summed E-state index contributed by atoms with van der Waals surface area (Å²) in [4.78, 5) is 10.3. The van der Waals surface area contributed by atoms with Crippen molar-refractivity contribution in [2.45, 2.75) is 6.92 Å². The highest BCUT2D eigenvalue weighted by atomic mass is 32.2. The van der Waals surface area contributed by atoms with Gasteiger partial charge in [0.1, 0.15) is 0 Å². The van der Waals surface area contributed by atoms with Crippen LogP contribution in [0.15, 0.2) is 0 Å². The molecule has 0 heterocycles. The summed E-state index contributed by atoms with van der Waals surface area (Å²) in [5, 5.41) is 3.14. The minimum absolute atomic E-state index is 0.195. The lowest BCUT2D eigenvalue weighted by atomic mass is 10.8. The minimum atomic E-state index is 0.195. The zero-order chi connectivity index (χ0) is 6.41. The molecular formula is C5H11NOS. The molecule has 0 amide bonds. The smallest absolute Gasteiger partial charge is 0.185 e. The van der Waals surface area contributed by atoms with Gasteiger partial charge >= 0.3 is 0 Å². The van der Waals surface area contributed by atoms with Crippen LogP contribution in [0.5, 0.6) is 0 Å². The first-order valence-corrected chi connectivity index (χ1v) is 3.54. The maximum Gasteiger partial charge on any atom is 0.185 e. The zero-order valence-electron chi connectivity index (χ0n) is 5.23. The van der Waals surface area contributed by atoms with Crippen LogP contribution >= 0.6 is 11.8 Å². The Labute approximate surface area is 54.0 Å². The number of nitrogens with one attached hydrogen (secondary N) is 1. The molecule has 0 rings (SSSR count). The first kappa shape index (κ1) is 7.98. The summed E-state index contributed by atoms with van der Waals surface area (Å²) >= 11 is 1.35. The Bertz CT molecular complexity index is 74.8. The quantitative estimate of drug-likeness (QED) is 0.568. The molecule has 0 unspecified atom stereocenters. The highest BCUT2D eigenvalue weighted by Crippen LogP contribution is 1.97. The van der Waals surface area contributed by atoms with Crippen LogP contribution in [-0.2, 0) is 4.79 Å². The van der Waals surface area contributed by atoms with Gasteiger partial charge in [0.05, 0.1) is 0 Å². The van der Waals surface area contributed by atoms with Gasteiger partial charge in [0.25, 0.3) is 0 Å². The molecule has 1 N–H and O–H groups in total. The summed E-state index contributed by atoms with van der Waals surface area (Å²) < 4.78 is 0. The van der Waals surface area contributed by atoms with E-state index in [-0.39, 0.29) is 5.12 Å². The lowest BCUT2D eigenvalue weighted by Crippen LogP contribution is -2.10. The second kappa shape index (κ2) is 5.12. The van der Waals surface area contributed by atoms with Crippen molar-refractivity contribution in [1.29, 1.82) is 0 Å². The lowest BCUT2D eigenvalue weighted by Gasteiger charge is -1.92. The maximum absolute atomic E-state index is 10.3. The van der Waals surface area contributed by atoms with Gasteiger partial charge in [0, 0.05) is 19.2 Å². The van der Waals surface area contributed by atoms with Crippen LogP contribution in [-0.4, -0.2) is 24.5 Å². The van der Waals surface area contributed by atoms with E-state index in [4.69, 9.17) is 0 Å². The van der Waals surface area contributed by atoms with Crippen LogP contribution in [0.1, 0.15) is 6.92 Å². The van der Waals surface area contributed by atoms with Crippen molar-refractivity contribution in [1.82, 2.24) is 5.32 Å². The number of thioether (sulfide) groups is 1. The zero-order valence-corrected chi connectivity index (χ0v) is 6.05. The van der Waals surface area contributed by atoms with Crippen molar-refractivity contribution in [3.05, 3.63) is 0 Å². The molecule has 0 saturated heterocycles. The predicted molar refractivity (Wildman–Crippen MR) is 37.1 cm³/mol. The van der Waals surface area contributed by atoms with Gasteiger partial charge < -0.3 is 5.32 Å². The first-order chi connectivity index (χ1) is 3.77. The molecule has 8 heavy (non-hydrogen) atoms. The van der Waals surface area contributed by atoms with Gasteiger partial charge in [-0.15, -0.1) is 0 Å². The topological polar surface area (TPSA) is 29.1 Å². The molecule has 0 aliphatic heterocycles. The van der Waals surface area contributed by atoms with Crippen LogP contribution in [0.25, 0.3) is 0 Å². The second-order valence-corrected chi connectivity index (χ2v) is 2.72. The second-order valence-electron chi connectivity index (χ2n) is 1.44. The minimum Gasteiger partial charge on any atom is -0.319 e. The van der Waals surface area contributed by atoms with E-state index in [1.165, 1.54) is 11.8 Å². The highest BCUT2D eigenvalue weighted by molar-refractivity contribution is 8.13. The molecule has 0 aromatic heterocycles. The van der Waals surface area contributed by atoms with E-state index in [0.29, 0.717) is 0 Å². The van der Waals surface area contributed by atoms with Gasteiger partial charge in [0.2, 0.25) is 0 Å². The summed E-state index contributed by atoms with van der Waals surface area (Å²) in [5.74, 6) is 0.881. The highest BCUT2D eigenvalue weighted by Gasteiger charge is 1.89. The van der Waals surface area contributed by atoms with Crippen LogP contribution in [0, 0.1) is 0 Å². The third-order valence-electron chi connectivity index (χ3n) is 0.657. The van der Waals surface area contributed by atoms with Gasteiger partial charge in [-0.2, -0.15) is 0 Å². The van der Waals surface area contributed by atoms with E-state index < -0.39 is 0 Å². The molecule has 3 heteroatoms. The molecule has 0 atom stereocenters. The van der Waals surface area contributed by atoms with E-state index >= 15 is 0 Å². The van der Waals surface area contributed by atoms with Gasteiger partial charge in [-0.3, -0.25) is 4.79 Å². The summed E-state index contributed by atoms with van der Waals surface area (Å²) in [6.45, 7) is 2.49. The van der Waals surface area contributed by atoms with Crippen LogP contribution < -0.4 is 5.32 Å². The third kappa shape index (κ3) is 5.98. The molecule has 0 fully saturated rings. The Morgan fingerprint density at radius 1 is 1.75 bits per heavy atom. The Kier molecular flexibility index (Phi) is 5.11. The molecule has 0 aliphatic rings. The number of hydrogen-bond donors (Lipinski definition) is 1. The van der Waals surface area contributed by atoms with Crippen molar-refractivity contribution in [3.8, 4) is 0 Å².